The van der Waals surface area contributed by atoms with Gasteiger partial charge in [-0.3, -0.25) is 19.6 Å². The molecule has 0 unspecified atom stereocenters. The maximum Gasteiger partial charge on any atom is 0.269 e. The summed E-state index contributed by atoms with van der Waals surface area (Å²) in [6, 6.07) is 0. The van der Waals surface area contributed by atoms with Crippen LogP contribution < -0.4 is 5.32 Å². The highest BCUT2D eigenvalue weighted by atomic mass is 16.7. The first-order valence-electron chi connectivity index (χ1n) is 8.09. The summed E-state index contributed by atoms with van der Waals surface area (Å²) in [4.78, 5) is 39.7. The molecule has 2 aliphatic heterocycles. The fourth-order valence-electron chi connectivity index (χ4n) is 2.92. The average Bonchev–Trinajstić information content (AvgIpc) is 3.22. The van der Waals surface area contributed by atoms with Crippen molar-refractivity contribution >= 4 is 17.5 Å². The third-order valence-corrected chi connectivity index (χ3v) is 4.30. The third kappa shape index (κ3) is 3.93. The molecule has 0 radical (unpaired) electrons. The van der Waals surface area contributed by atoms with Crippen molar-refractivity contribution in [3.63, 3.8) is 0 Å². The monoisotopic (exact) mass is 347 g/mol. The number of oxime groups is 1. The van der Waals surface area contributed by atoms with E-state index >= 15 is 0 Å². The first kappa shape index (κ1) is 17.3. The van der Waals surface area contributed by atoms with Gasteiger partial charge >= 0.3 is 0 Å². The maximum absolute atomic E-state index is 12.3. The van der Waals surface area contributed by atoms with Crippen LogP contribution in [0.3, 0.4) is 0 Å². The van der Waals surface area contributed by atoms with Gasteiger partial charge in [0.2, 0.25) is 5.91 Å². The number of carbonyl (C=O) groups excluding carboxylic acids is 2. The molecule has 1 fully saturated rings. The Morgan fingerprint density at radius 2 is 2.24 bits per heavy atom. The van der Waals surface area contributed by atoms with Gasteiger partial charge in [-0.2, -0.15) is 0 Å². The van der Waals surface area contributed by atoms with Crippen molar-refractivity contribution in [2.45, 2.75) is 31.9 Å². The number of likely N-dealkylation sites (tertiary alicyclic amines) is 1. The summed E-state index contributed by atoms with van der Waals surface area (Å²) in [5, 5.41) is 6.70. The predicted molar refractivity (Wildman–Crippen MR) is 87.6 cm³/mol. The number of nitrogens with zero attached hydrogens (tertiary/aromatic N) is 4. The maximum atomic E-state index is 12.3. The Morgan fingerprint density at radius 3 is 2.96 bits per heavy atom. The number of aromatic nitrogens is 2. The molecule has 1 atom stereocenters. The van der Waals surface area contributed by atoms with E-state index in [9.17, 15) is 9.59 Å². The lowest BCUT2D eigenvalue weighted by Crippen LogP contribution is -2.39. The summed E-state index contributed by atoms with van der Waals surface area (Å²) in [6.45, 7) is 3.16. The molecule has 9 heteroatoms. The standard InChI is InChI=1S/C16H21N5O4/c1-11-6-18-12(7-17-11)8-19-15(23)13-5-16(25-20-13)3-4-21(10-16)14(22)9-24-2/h6-7H,3-5,8-10H2,1-2H3,(H,19,23)/t16-/m0/s1. The Morgan fingerprint density at radius 1 is 1.40 bits per heavy atom. The van der Waals surface area contributed by atoms with E-state index in [1.165, 1.54) is 7.11 Å². The smallest absolute Gasteiger partial charge is 0.269 e. The summed E-state index contributed by atoms with van der Waals surface area (Å²) in [7, 11) is 1.49. The van der Waals surface area contributed by atoms with Gasteiger partial charge in [-0.25, -0.2) is 0 Å². The molecule has 2 aliphatic rings. The van der Waals surface area contributed by atoms with E-state index in [0.717, 1.165) is 5.69 Å². The number of hydrogen-bond acceptors (Lipinski definition) is 7. The van der Waals surface area contributed by atoms with Crippen LogP contribution in [-0.2, 0) is 25.7 Å². The molecule has 9 nitrogen and oxygen atoms in total. The quantitative estimate of drug-likeness (QED) is 0.790. The Balaban J connectivity index is 1.51. The van der Waals surface area contributed by atoms with Crippen LogP contribution in [0.25, 0.3) is 0 Å². The molecule has 1 spiro atoms. The van der Waals surface area contributed by atoms with Gasteiger partial charge in [0.05, 0.1) is 30.7 Å². The highest BCUT2D eigenvalue weighted by Crippen LogP contribution is 2.33. The molecule has 2 amide bonds. The van der Waals surface area contributed by atoms with Crippen LogP contribution in [0.1, 0.15) is 24.2 Å². The number of amides is 2. The van der Waals surface area contributed by atoms with E-state index in [1.54, 1.807) is 17.3 Å². The number of carbonyl (C=O) groups is 2. The van der Waals surface area contributed by atoms with E-state index in [4.69, 9.17) is 9.57 Å². The molecular weight excluding hydrogens is 326 g/mol. The Bertz CT molecular complexity index is 690. The summed E-state index contributed by atoms with van der Waals surface area (Å²) in [5.74, 6) is -0.375. The van der Waals surface area contributed by atoms with Crippen LogP contribution in [-0.4, -0.2) is 64.8 Å². The summed E-state index contributed by atoms with van der Waals surface area (Å²) in [6.07, 6.45) is 4.30. The third-order valence-electron chi connectivity index (χ3n) is 4.30. The van der Waals surface area contributed by atoms with Gasteiger partial charge in [0.25, 0.3) is 5.91 Å². The van der Waals surface area contributed by atoms with E-state index < -0.39 is 5.60 Å². The molecule has 0 bridgehead atoms. The van der Waals surface area contributed by atoms with Gasteiger partial charge in [-0.1, -0.05) is 5.16 Å². The first-order valence-corrected chi connectivity index (χ1v) is 8.09. The minimum atomic E-state index is -0.597. The molecular formula is C16H21N5O4. The van der Waals surface area contributed by atoms with E-state index in [-0.39, 0.29) is 25.0 Å². The van der Waals surface area contributed by atoms with Crippen molar-refractivity contribution in [2.24, 2.45) is 5.16 Å². The SMILES string of the molecule is COCC(=O)N1CC[C@]2(CC(C(=O)NCc3cnc(C)cn3)=NO2)C1. The molecule has 3 rings (SSSR count). The number of ether oxygens (including phenoxy) is 1. The van der Waals surface area contributed by atoms with Crippen molar-refractivity contribution < 1.29 is 19.2 Å². The zero-order valence-corrected chi connectivity index (χ0v) is 14.3. The molecule has 0 saturated carbocycles. The van der Waals surface area contributed by atoms with Gasteiger partial charge in [-0.05, 0) is 6.92 Å². The van der Waals surface area contributed by atoms with Crippen molar-refractivity contribution in [1.82, 2.24) is 20.2 Å². The lowest BCUT2D eigenvalue weighted by molar-refractivity contribution is -0.135. The van der Waals surface area contributed by atoms with Crippen molar-refractivity contribution in [1.29, 1.82) is 0 Å². The van der Waals surface area contributed by atoms with Gasteiger partial charge in [0.15, 0.2) is 5.60 Å². The molecule has 3 heterocycles. The molecule has 1 saturated heterocycles. The van der Waals surface area contributed by atoms with Crippen LogP contribution >= 0.6 is 0 Å². The lowest BCUT2D eigenvalue weighted by atomic mass is 9.96. The van der Waals surface area contributed by atoms with Crippen LogP contribution in [0.2, 0.25) is 0 Å². The van der Waals surface area contributed by atoms with Gasteiger partial charge < -0.3 is 19.8 Å². The molecule has 134 valence electrons. The van der Waals surface area contributed by atoms with Gasteiger partial charge in [-0.15, -0.1) is 0 Å². The molecule has 1 aromatic rings. The molecule has 1 N–H and O–H groups in total. The normalized spacial score (nSPS) is 22.0. The number of nitrogens with one attached hydrogen (secondary N) is 1. The largest absolute Gasteiger partial charge is 0.386 e. The Kier molecular flexibility index (Phi) is 4.93. The van der Waals surface area contributed by atoms with E-state index in [1.807, 2.05) is 6.92 Å². The second-order valence-corrected chi connectivity index (χ2v) is 6.32. The highest BCUT2D eigenvalue weighted by molar-refractivity contribution is 6.39. The second-order valence-electron chi connectivity index (χ2n) is 6.32. The van der Waals surface area contributed by atoms with Crippen LogP contribution in [0.5, 0.6) is 0 Å². The van der Waals surface area contributed by atoms with Crippen LogP contribution in [0, 0.1) is 6.92 Å². The van der Waals surface area contributed by atoms with Gasteiger partial charge in [0, 0.05) is 32.7 Å². The zero-order valence-electron chi connectivity index (χ0n) is 14.3. The molecule has 0 aliphatic carbocycles. The van der Waals surface area contributed by atoms with Gasteiger partial charge in [0.1, 0.15) is 12.3 Å². The van der Waals surface area contributed by atoms with Crippen LogP contribution in [0.15, 0.2) is 17.5 Å². The molecule has 0 aromatic carbocycles. The second kappa shape index (κ2) is 7.14. The van der Waals surface area contributed by atoms with Crippen molar-refractivity contribution in [3.8, 4) is 0 Å². The van der Waals surface area contributed by atoms with Crippen LogP contribution in [0.4, 0.5) is 0 Å². The first-order chi connectivity index (χ1) is 12.0. The van der Waals surface area contributed by atoms with Crippen molar-refractivity contribution in [2.75, 3.05) is 26.8 Å². The predicted octanol–water partition coefficient (Wildman–Crippen LogP) is -0.205. The number of methoxy groups -OCH3 is 1. The number of aryl methyl sites for hydroxylation is 1. The van der Waals surface area contributed by atoms with E-state index in [0.29, 0.717) is 37.3 Å². The summed E-state index contributed by atoms with van der Waals surface area (Å²) >= 11 is 0. The summed E-state index contributed by atoms with van der Waals surface area (Å²) < 4.78 is 4.87. The van der Waals surface area contributed by atoms with E-state index in [2.05, 4.69) is 20.4 Å². The molecule has 25 heavy (non-hydrogen) atoms. The highest BCUT2D eigenvalue weighted by Gasteiger charge is 2.47. The minimum absolute atomic E-state index is 0.0435. The Hall–Kier alpha value is -2.55. The average molecular weight is 347 g/mol. The summed E-state index contributed by atoms with van der Waals surface area (Å²) in [5.41, 5.74) is 1.23. The molecule has 1 aromatic heterocycles. The lowest BCUT2D eigenvalue weighted by Gasteiger charge is -2.21. The topological polar surface area (TPSA) is 106 Å². The number of rotatable bonds is 5. The fourth-order valence-corrected chi connectivity index (χ4v) is 2.92. The zero-order chi connectivity index (χ0) is 17.9. The fraction of sp³-hybridized carbons (Fsp3) is 0.562. The van der Waals surface area contributed by atoms with Crippen molar-refractivity contribution in [3.05, 3.63) is 23.8 Å². The minimum Gasteiger partial charge on any atom is -0.386 e. The Labute approximate surface area is 145 Å². The number of hydrogen-bond donors (Lipinski definition) is 1.